The van der Waals surface area contributed by atoms with E-state index in [-0.39, 0.29) is 12.0 Å². The predicted molar refractivity (Wildman–Crippen MR) is 46.0 cm³/mol. The van der Waals surface area contributed by atoms with E-state index in [1.165, 1.54) is 6.42 Å². The minimum Gasteiger partial charge on any atom is -0.324 e. The first-order chi connectivity index (χ1) is 4.95. The highest BCUT2D eigenvalue weighted by atomic mass is 35.5. The zero-order valence-electron chi connectivity index (χ0n) is 6.33. The minimum absolute atomic E-state index is 0.0181. The van der Waals surface area contributed by atoms with Crippen molar-refractivity contribution in [1.29, 1.82) is 0 Å². The third-order valence-corrected chi connectivity index (χ3v) is 2.25. The maximum atomic E-state index is 9.84. The number of alkyl halides is 1. The molecule has 11 heavy (non-hydrogen) atoms. The number of rotatable bonds is 2. The number of allylic oxidation sites excluding steroid dienone is 2. The molecule has 0 heterocycles. The summed E-state index contributed by atoms with van der Waals surface area (Å²) in [5.74, 6) is 0.0181. The van der Waals surface area contributed by atoms with Crippen molar-refractivity contribution in [3.63, 3.8) is 0 Å². The van der Waals surface area contributed by atoms with Crippen LogP contribution in [0.1, 0.15) is 13.3 Å². The molecule has 1 aliphatic carbocycles. The van der Waals surface area contributed by atoms with Gasteiger partial charge in [-0.25, -0.2) is 0 Å². The molecule has 2 N–H and O–H groups in total. The van der Waals surface area contributed by atoms with Crippen LogP contribution in [0.2, 0.25) is 0 Å². The second-order valence-corrected chi connectivity index (χ2v) is 4.49. The molecule has 0 amide bonds. The molecule has 0 atom stereocenters. The summed E-state index contributed by atoms with van der Waals surface area (Å²) < 4.78 is 9.84. The molecule has 1 aliphatic rings. The highest BCUT2D eigenvalue weighted by Crippen LogP contribution is 2.33. The first kappa shape index (κ1) is 11.2. The topological polar surface area (TPSA) is 57.5 Å². The Labute approximate surface area is 71.2 Å². The van der Waals surface area contributed by atoms with Crippen molar-refractivity contribution in [2.24, 2.45) is 0 Å². The fraction of sp³-hybridized carbons (Fsp3) is 0.667. The Hall–Kier alpha value is 0.180. The molecule has 0 aliphatic heterocycles. The van der Waals surface area contributed by atoms with E-state index in [0.29, 0.717) is 0 Å². The van der Waals surface area contributed by atoms with E-state index in [9.17, 15) is 4.57 Å². The van der Waals surface area contributed by atoms with Gasteiger partial charge in [-0.1, -0.05) is 11.6 Å². The highest BCUT2D eigenvalue weighted by molar-refractivity contribution is 7.51. The first-order valence-electron chi connectivity index (χ1n) is 3.22. The molecule has 0 bridgehead atoms. The van der Waals surface area contributed by atoms with Crippen LogP contribution in [0.4, 0.5) is 0 Å². The van der Waals surface area contributed by atoms with Crippen LogP contribution in [0.5, 0.6) is 0 Å². The number of hydrogen-bond donors (Lipinski definition) is 2. The van der Waals surface area contributed by atoms with Crippen LogP contribution in [0.25, 0.3) is 0 Å². The fourth-order valence-electron chi connectivity index (χ4n) is 0.212. The van der Waals surface area contributed by atoms with Gasteiger partial charge in [-0.15, -0.1) is 11.6 Å². The third kappa shape index (κ3) is 13.2. The summed E-state index contributed by atoms with van der Waals surface area (Å²) in [6.07, 6.45) is 3.26. The van der Waals surface area contributed by atoms with E-state index in [4.69, 9.17) is 21.4 Å². The molecule has 0 aromatic carbocycles. The second kappa shape index (κ2) is 4.94. The summed E-state index contributed by atoms with van der Waals surface area (Å²) in [6.45, 7) is 2.14. The maximum absolute atomic E-state index is 9.84. The molecule has 0 spiro atoms. The standard InChI is InChI=1S/C4H6.C2H6ClO3P/c1-4-2-3-4;3-1-2-7(4,5)6/h2H,3H2,1H3;1-2H2,(H2,4,5,6). The zero-order chi connectivity index (χ0) is 8.91. The molecule has 1 rings (SSSR count). The van der Waals surface area contributed by atoms with Gasteiger partial charge in [0.05, 0.1) is 6.16 Å². The first-order valence-corrected chi connectivity index (χ1v) is 5.55. The van der Waals surface area contributed by atoms with Gasteiger partial charge in [0.15, 0.2) is 0 Å². The highest BCUT2D eigenvalue weighted by Gasteiger charge is 2.09. The molecule has 3 nitrogen and oxygen atoms in total. The van der Waals surface area contributed by atoms with Crippen molar-refractivity contribution < 1.29 is 14.4 Å². The molecule has 0 saturated carbocycles. The number of hydrogen-bond acceptors (Lipinski definition) is 1. The van der Waals surface area contributed by atoms with Gasteiger partial charge in [-0.05, 0) is 13.3 Å². The minimum atomic E-state index is -3.80. The van der Waals surface area contributed by atoms with Crippen molar-refractivity contribution in [2.75, 3.05) is 12.0 Å². The Bertz CT molecular complexity index is 184. The van der Waals surface area contributed by atoms with Crippen molar-refractivity contribution in [3.8, 4) is 0 Å². The lowest BCUT2D eigenvalue weighted by Gasteiger charge is -1.95. The van der Waals surface area contributed by atoms with E-state index in [1.54, 1.807) is 5.57 Å². The van der Waals surface area contributed by atoms with Crippen LogP contribution < -0.4 is 0 Å². The van der Waals surface area contributed by atoms with Crippen LogP contribution in [0.15, 0.2) is 11.6 Å². The van der Waals surface area contributed by atoms with Crippen molar-refractivity contribution in [2.45, 2.75) is 13.3 Å². The Balaban J connectivity index is 0.000000207. The Morgan fingerprint density at radius 3 is 2.09 bits per heavy atom. The van der Waals surface area contributed by atoms with Crippen LogP contribution in [-0.4, -0.2) is 21.8 Å². The Kier molecular flexibility index (Phi) is 5.02. The van der Waals surface area contributed by atoms with E-state index >= 15 is 0 Å². The summed E-state index contributed by atoms with van der Waals surface area (Å²) in [4.78, 5) is 16.1. The maximum Gasteiger partial charge on any atom is 0.326 e. The van der Waals surface area contributed by atoms with E-state index in [1.807, 2.05) is 0 Å². The molecule has 0 aromatic rings. The normalized spacial score (nSPS) is 14.7. The van der Waals surface area contributed by atoms with Crippen molar-refractivity contribution in [1.82, 2.24) is 0 Å². The fourth-order valence-corrected chi connectivity index (χ4v) is 1.09. The van der Waals surface area contributed by atoms with Gasteiger partial charge in [-0.3, -0.25) is 4.57 Å². The van der Waals surface area contributed by atoms with E-state index in [0.717, 1.165) is 0 Å². The van der Waals surface area contributed by atoms with E-state index < -0.39 is 7.60 Å². The van der Waals surface area contributed by atoms with Gasteiger partial charge in [-0.2, -0.15) is 0 Å². The van der Waals surface area contributed by atoms with E-state index in [2.05, 4.69) is 13.0 Å². The van der Waals surface area contributed by atoms with Gasteiger partial charge in [0.25, 0.3) is 0 Å². The summed E-state index contributed by atoms with van der Waals surface area (Å²) in [7, 11) is -3.80. The lowest BCUT2D eigenvalue weighted by molar-refractivity contribution is 0.375. The monoisotopic (exact) mass is 198 g/mol. The number of halogens is 1. The smallest absolute Gasteiger partial charge is 0.324 e. The SMILES string of the molecule is CC1=CC1.O=P(O)(O)CCCl. The van der Waals surface area contributed by atoms with Crippen molar-refractivity contribution in [3.05, 3.63) is 11.6 Å². The predicted octanol–water partition coefficient (Wildman–Crippen LogP) is 1.74. The molecule has 66 valence electrons. The Morgan fingerprint density at radius 1 is 1.73 bits per heavy atom. The molecule has 0 radical (unpaired) electrons. The van der Waals surface area contributed by atoms with Crippen molar-refractivity contribution >= 4 is 19.2 Å². The third-order valence-electron chi connectivity index (χ3n) is 0.988. The summed E-state index contributed by atoms with van der Waals surface area (Å²) >= 11 is 4.99. The average Bonchev–Trinajstić information content (AvgIpc) is 2.48. The van der Waals surface area contributed by atoms with Crippen LogP contribution in [0.3, 0.4) is 0 Å². The molecular weight excluding hydrogens is 186 g/mol. The van der Waals surface area contributed by atoms with Crippen LogP contribution in [-0.2, 0) is 4.57 Å². The molecule has 0 fully saturated rings. The quantitative estimate of drug-likeness (QED) is 0.404. The lowest BCUT2D eigenvalue weighted by atomic mass is 10.6. The van der Waals surface area contributed by atoms with Gasteiger partial charge < -0.3 is 9.79 Å². The molecule has 0 unspecified atom stereocenters. The lowest BCUT2D eigenvalue weighted by Crippen LogP contribution is -1.86. The van der Waals surface area contributed by atoms with Crippen LogP contribution in [0, 0.1) is 0 Å². The molecular formula is C6H12ClO3P. The van der Waals surface area contributed by atoms with Gasteiger partial charge in [0, 0.05) is 5.88 Å². The zero-order valence-corrected chi connectivity index (χ0v) is 7.98. The second-order valence-electron chi connectivity index (χ2n) is 2.33. The summed E-state index contributed by atoms with van der Waals surface area (Å²) in [5.41, 5.74) is 1.54. The van der Waals surface area contributed by atoms with Crippen LogP contribution >= 0.6 is 19.2 Å². The molecule has 0 saturated heterocycles. The molecule has 0 aromatic heterocycles. The van der Waals surface area contributed by atoms with Gasteiger partial charge >= 0.3 is 7.60 Å². The summed E-state index contributed by atoms with van der Waals surface area (Å²) in [5, 5.41) is 0. The molecule has 5 heteroatoms. The largest absolute Gasteiger partial charge is 0.326 e. The Morgan fingerprint density at radius 2 is 2.09 bits per heavy atom. The summed E-state index contributed by atoms with van der Waals surface area (Å²) in [6, 6.07) is 0. The van der Waals surface area contributed by atoms with Gasteiger partial charge in [0.2, 0.25) is 0 Å². The van der Waals surface area contributed by atoms with Gasteiger partial charge in [0.1, 0.15) is 0 Å². The average molecular weight is 199 g/mol.